The molecule has 3 atom stereocenters. The van der Waals surface area contributed by atoms with E-state index in [2.05, 4.69) is 10.6 Å². The Bertz CT molecular complexity index is 876. The molecule has 3 N–H and O–H groups in total. The minimum Gasteiger partial charge on any atom is -0.395 e. The van der Waals surface area contributed by atoms with Gasteiger partial charge in [0.25, 0.3) is 0 Å². The quantitative estimate of drug-likeness (QED) is 0.747. The van der Waals surface area contributed by atoms with Crippen LogP contribution >= 0.6 is 23.2 Å². The second-order valence-electron chi connectivity index (χ2n) is 6.41. The number of amides is 1. The molecule has 1 spiro atoms. The van der Waals surface area contributed by atoms with E-state index in [9.17, 15) is 14.3 Å². The molecule has 4 rings (SSSR count). The van der Waals surface area contributed by atoms with Crippen molar-refractivity contribution in [1.29, 1.82) is 0 Å². The van der Waals surface area contributed by atoms with E-state index in [0.717, 1.165) is 0 Å². The molecule has 1 amide bonds. The van der Waals surface area contributed by atoms with Gasteiger partial charge in [-0.25, -0.2) is 4.39 Å². The molecule has 2 heterocycles. The first kappa shape index (κ1) is 16.8. The summed E-state index contributed by atoms with van der Waals surface area (Å²) >= 11 is 12.0. The summed E-state index contributed by atoms with van der Waals surface area (Å²) in [6, 6.07) is 9.56. The van der Waals surface area contributed by atoms with Crippen molar-refractivity contribution >= 4 is 34.8 Å². The van der Waals surface area contributed by atoms with Gasteiger partial charge in [0.1, 0.15) is 11.4 Å². The van der Waals surface area contributed by atoms with Gasteiger partial charge in [-0.1, -0.05) is 41.4 Å². The molecule has 4 nitrogen and oxygen atoms in total. The lowest BCUT2D eigenvalue weighted by atomic mass is 9.76. The second-order valence-corrected chi connectivity index (χ2v) is 7.25. The van der Waals surface area contributed by atoms with Crippen molar-refractivity contribution in [2.75, 3.05) is 11.9 Å². The van der Waals surface area contributed by atoms with Crippen LogP contribution in [-0.4, -0.2) is 23.7 Å². The molecular weight excluding hydrogens is 366 g/mol. The molecule has 2 aromatic carbocycles. The summed E-state index contributed by atoms with van der Waals surface area (Å²) in [6.45, 7) is -0.156. The van der Waals surface area contributed by atoms with E-state index in [1.54, 1.807) is 30.3 Å². The topological polar surface area (TPSA) is 61.4 Å². The third-order valence-electron chi connectivity index (χ3n) is 5.06. The Labute approximate surface area is 153 Å². The highest BCUT2D eigenvalue weighted by atomic mass is 35.5. The molecule has 7 heteroatoms. The number of aliphatic hydroxyl groups excluding tert-OH is 1. The van der Waals surface area contributed by atoms with E-state index in [4.69, 9.17) is 23.2 Å². The summed E-state index contributed by atoms with van der Waals surface area (Å²) in [4.78, 5) is 13.0. The van der Waals surface area contributed by atoms with Gasteiger partial charge in [-0.15, -0.1) is 0 Å². The minimum atomic E-state index is -1.17. The van der Waals surface area contributed by atoms with Gasteiger partial charge in [0.15, 0.2) is 0 Å². The number of carbonyl (C=O) groups excluding carboxylic acids is 1. The van der Waals surface area contributed by atoms with Gasteiger partial charge in [0, 0.05) is 28.2 Å². The van der Waals surface area contributed by atoms with Crippen molar-refractivity contribution in [2.24, 2.45) is 0 Å². The first-order chi connectivity index (χ1) is 12.0. The Kier molecular flexibility index (Phi) is 4.00. The van der Waals surface area contributed by atoms with E-state index in [1.807, 2.05) is 0 Å². The standard InChI is InChI=1S/C18H15Cl2FN2O2/c19-9-4-5-12-15(6-9)22-17(25)18(12)13(7-10(8-24)23-18)11-2-1-3-14(20)16(11)21/h1-6,10,13,23-24H,7-8H2,(H,22,25)/t10?,13-,18?/m1/s1. The third-order valence-corrected chi connectivity index (χ3v) is 5.59. The SMILES string of the molecule is O=C1Nc2cc(Cl)ccc2C12NC(CO)C[C@@H]2c1cccc(Cl)c1F. The van der Waals surface area contributed by atoms with E-state index in [1.165, 1.54) is 6.07 Å². The van der Waals surface area contributed by atoms with Crippen LogP contribution in [0.2, 0.25) is 10.0 Å². The molecule has 2 aliphatic heterocycles. The number of anilines is 1. The smallest absolute Gasteiger partial charge is 0.250 e. The molecule has 0 radical (unpaired) electrons. The molecule has 1 saturated heterocycles. The van der Waals surface area contributed by atoms with Crippen LogP contribution in [0, 0.1) is 5.82 Å². The second kappa shape index (κ2) is 5.95. The van der Waals surface area contributed by atoms with Crippen LogP contribution in [0.5, 0.6) is 0 Å². The maximum absolute atomic E-state index is 14.7. The average Bonchev–Trinajstić information content (AvgIpc) is 3.10. The fourth-order valence-corrected chi connectivity index (χ4v) is 4.36. The van der Waals surface area contributed by atoms with Gasteiger partial charge in [-0.2, -0.15) is 0 Å². The van der Waals surface area contributed by atoms with Gasteiger partial charge >= 0.3 is 0 Å². The normalized spacial score (nSPS) is 27.6. The van der Waals surface area contributed by atoms with Crippen LogP contribution < -0.4 is 10.6 Å². The van der Waals surface area contributed by atoms with Crippen molar-refractivity contribution in [3.8, 4) is 0 Å². The predicted molar refractivity (Wildman–Crippen MR) is 94.5 cm³/mol. The lowest BCUT2D eigenvalue weighted by Gasteiger charge is -2.30. The van der Waals surface area contributed by atoms with Crippen LogP contribution in [0.15, 0.2) is 36.4 Å². The Morgan fingerprint density at radius 2 is 2.08 bits per heavy atom. The maximum atomic E-state index is 14.7. The Morgan fingerprint density at radius 1 is 1.28 bits per heavy atom. The molecule has 0 bridgehead atoms. The van der Waals surface area contributed by atoms with E-state index >= 15 is 0 Å². The fourth-order valence-electron chi connectivity index (χ4n) is 4.01. The zero-order chi connectivity index (χ0) is 17.8. The molecule has 130 valence electrons. The van der Waals surface area contributed by atoms with Crippen molar-refractivity contribution in [2.45, 2.75) is 23.9 Å². The van der Waals surface area contributed by atoms with Crippen LogP contribution in [0.3, 0.4) is 0 Å². The number of nitrogens with one attached hydrogen (secondary N) is 2. The van der Waals surface area contributed by atoms with Gasteiger partial charge in [-0.3, -0.25) is 10.1 Å². The molecule has 2 unspecified atom stereocenters. The number of hydrogen-bond donors (Lipinski definition) is 3. The fraction of sp³-hybridized carbons (Fsp3) is 0.278. The number of aliphatic hydroxyl groups is 1. The third kappa shape index (κ3) is 2.38. The Hall–Kier alpha value is -1.66. The number of carbonyl (C=O) groups is 1. The Morgan fingerprint density at radius 3 is 2.84 bits per heavy atom. The molecule has 2 aliphatic rings. The number of fused-ring (bicyclic) bond motifs is 2. The van der Waals surface area contributed by atoms with Crippen molar-refractivity contribution in [3.63, 3.8) is 0 Å². The van der Waals surface area contributed by atoms with Gasteiger partial charge in [0.2, 0.25) is 5.91 Å². The minimum absolute atomic E-state index is 0.00910. The van der Waals surface area contributed by atoms with Crippen LogP contribution in [-0.2, 0) is 10.3 Å². The predicted octanol–water partition coefficient (Wildman–Crippen LogP) is 3.42. The van der Waals surface area contributed by atoms with Gasteiger partial charge in [0.05, 0.1) is 11.6 Å². The molecule has 0 aromatic heterocycles. The molecule has 1 fully saturated rings. The van der Waals surface area contributed by atoms with Gasteiger partial charge in [-0.05, 0) is 30.2 Å². The number of hydrogen-bond acceptors (Lipinski definition) is 3. The maximum Gasteiger partial charge on any atom is 0.250 e. The first-order valence-electron chi connectivity index (χ1n) is 7.91. The molecule has 25 heavy (non-hydrogen) atoms. The van der Waals surface area contributed by atoms with Crippen LogP contribution in [0.25, 0.3) is 0 Å². The zero-order valence-corrected chi connectivity index (χ0v) is 14.5. The lowest BCUT2D eigenvalue weighted by molar-refractivity contribution is -0.122. The summed E-state index contributed by atoms with van der Waals surface area (Å²) in [6.07, 6.45) is 0.406. The monoisotopic (exact) mass is 380 g/mol. The zero-order valence-electron chi connectivity index (χ0n) is 13.0. The lowest BCUT2D eigenvalue weighted by Crippen LogP contribution is -2.49. The molecule has 0 aliphatic carbocycles. The van der Waals surface area contributed by atoms with Gasteiger partial charge < -0.3 is 10.4 Å². The summed E-state index contributed by atoms with van der Waals surface area (Å²) in [5.74, 6) is -1.33. The van der Waals surface area contributed by atoms with E-state index in [-0.39, 0.29) is 23.6 Å². The van der Waals surface area contributed by atoms with Crippen LogP contribution in [0.4, 0.5) is 10.1 Å². The summed E-state index contributed by atoms with van der Waals surface area (Å²) in [5, 5.41) is 16.2. The molecular formula is C18H15Cl2FN2O2. The summed E-state index contributed by atoms with van der Waals surface area (Å²) in [7, 11) is 0. The summed E-state index contributed by atoms with van der Waals surface area (Å²) < 4.78 is 14.7. The number of benzene rings is 2. The highest BCUT2D eigenvalue weighted by Crippen LogP contribution is 2.52. The van der Waals surface area contributed by atoms with Crippen molar-refractivity contribution in [1.82, 2.24) is 5.32 Å². The first-order valence-corrected chi connectivity index (χ1v) is 8.67. The van der Waals surface area contributed by atoms with Crippen LogP contribution in [0.1, 0.15) is 23.5 Å². The van der Waals surface area contributed by atoms with E-state index in [0.29, 0.717) is 28.3 Å². The summed E-state index contributed by atoms with van der Waals surface area (Å²) in [5.41, 5.74) is 0.478. The Balaban J connectivity index is 1.92. The van der Waals surface area contributed by atoms with Crippen molar-refractivity contribution in [3.05, 3.63) is 63.4 Å². The molecule has 0 saturated carbocycles. The molecule has 2 aromatic rings. The van der Waals surface area contributed by atoms with E-state index < -0.39 is 17.3 Å². The number of halogens is 3. The number of rotatable bonds is 2. The average molecular weight is 381 g/mol. The largest absolute Gasteiger partial charge is 0.395 e. The van der Waals surface area contributed by atoms with Crippen molar-refractivity contribution < 1.29 is 14.3 Å². The highest BCUT2D eigenvalue weighted by Gasteiger charge is 2.58. The highest BCUT2D eigenvalue weighted by molar-refractivity contribution is 6.31.